The molecular weight excluding hydrogens is 232 g/mol. The molecule has 1 fully saturated rings. The molecule has 4 nitrogen and oxygen atoms in total. The summed E-state index contributed by atoms with van der Waals surface area (Å²) in [5.74, 6) is 0.740. The predicted molar refractivity (Wildman–Crippen MR) is 68.8 cm³/mol. The van der Waals surface area contributed by atoms with Crippen LogP contribution in [0.2, 0.25) is 0 Å². The van der Waals surface area contributed by atoms with Crippen LogP contribution in [0, 0.1) is 28.6 Å². The first-order chi connectivity index (χ1) is 8.17. The molecule has 2 rings (SSSR count). The molecule has 1 aromatic rings. The van der Waals surface area contributed by atoms with Crippen molar-refractivity contribution >= 4 is 22.0 Å². The summed E-state index contributed by atoms with van der Waals surface area (Å²) in [6.07, 6.45) is 2.26. The Hall–Kier alpha value is -1.72. The molecule has 1 aliphatic rings. The van der Waals surface area contributed by atoms with Gasteiger partial charge in [0, 0.05) is 13.1 Å². The van der Waals surface area contributed by atoms with E-state index in [0.717, 1.165) is 36.9 Å². The minimum absolute atomic E-state index is 0.341. The third-order valence-electron chi connectivity index (χ3n) is 3.21. The number of anilines is 2. The third kappa shape index (κ3) is 2.07. The molecule has 2 heterocycles. The molecule has 0 aliphatic carbocycles. The average molecular weight is 246 g/mol. The van der Waals surface area contributed by atoms with Gasteiger partial charge in [-0.25, -0.2) is 0 Å². The summed E-state index contributed by atoms with van der Waals surface area (Å²) in [6.45, 7) is 4.13. The average Bonchev–Trinajstić information content (AvgIpc) is 2.66. The second-order valence-corrected chi connectivity index (χ2v) is 5.42. The Bertz CT molecular complexity index is 498. The van der Waals surface area contributed by atoms with Crippen molar-refractivity contribution in [3.8, 4) is 12.1 Å². The van der Waals surface area contributed by atoms with E-state index in [1.165, 1.54) is 11.3 Å². The van der Waals surface area contributed by atoms with Gasteiger partial charge < -0.3 is 10.6 Å². The van der Waals surface area contributed by atoms with E-state index in [1.807, 2.05) is 0 Å². The van der Waals surface area contributed by atoms with Gasteiger partial charge in [-0.3, -0.25) is 0 Å². The van der Waals surface area contributed by atoms with Crippen LogP contribution in [0.5, 0.6) is 0 Å². The Labute approximate surface area is 105 Å². The Morgan fingerprint density at radius 1 is 1.29 bits per heavy atom. The standard InChI is InChI=1S/C12H14N4S/c1-8-2-4-16(5-3-8)12-9(6-13)11(15)10(7-14)17-12/h8H,2-5,15H2,1H3. The highest BCUT2D eigenvalue weighted by Gasteiger charge is 2.23. The van der Waals surface area contributed by atoms with Crippen LogP contribution >= 0.6 is 11.3 Å². The first kappa shape index (κ1) is 11.8. The maximum absolute atomic E-state index is 9.13. The fraction of sp³-hybridized carbons (Fsp3) is 0.500. The number of rotatable bonds is 1. The molecule has 0 atom stereocenters. The highest BCUT2D eigenvalue weighted by atomic mass is 32.1. The number of hydrogen-bond donors (Lipinski definition) is 1. The predicted octanol–water partition coefficient (Wildman–Crippen LogP) is 2.31. The fourth-order valence-corrected chi connectivity index (χ4v) is 3.08. The second kappa shape index (κ2) is 4.65. The van der Waals surface area contributed by atoms with Gasteiger partial charge in [0.1, 0.15) is 27.6 Å². The summed E-state index contributed by atoms with van der Waals surface area (Å²) >= 11 is 1.34. The van der Waals surface area contributed by atoms with E-state index in [0.29, 0.717) is 16.1 Å². The smallest absolute Gasteiger partial charge is 0.131 e. The lowest BCUT2D eigenvalue weighted by molar-refractivity contribution is 0.439. The zero-order valence-electron chi connectivity index (χ0n) is 9.73. The summed E-state index contributed by atoms with van der Waals surface area (Å²) in [5.41, 5.74) is 6.61. The van der Waals surface area contributed by atoms with E-state index < -0.39 is 0 Å². The van der Waals surface area contributed by atoms with Crippen LogP contribution in [0.15, 0.2) is 0 Å². The van der Waals surface area contributed by atoms with Crippen LogP contribution in [0.1, 0.15) is 30.2 Å². The van der Waals surface area contributed by atoms with Crippen molar-refractivity contribution in [2.45, 2.75) is 19.8 Å². The van der Waals surface area contributed by atoms with Gasteiger partial charge in [-0.1, -0.05) is 6.92 Å². The molecular formula is C12H14N4S. The van der Waals surface area contributed by atoms with Gasteiger partial charge in [0.25, 0.3) is 0 Å². The Kier molecular flexibility index (Phi) is 3.21. The van der Waals surface area contributed by atoms with Crippen LogP contribution in [0.3, 0.4) is 0 Å². The highest BCUT2D eigenvalue weighted by molar-refractivity contribution is 7.17. The quantitative estimate of drug-likeness (QED) is 0.824. The Morgan fingerprint density at radius 2 is 1.94 bits per heavy atom. The van der Waals surface area contributed by atoms with Crippen LogP contribution in [0.25, 0.3) is 0 Å². The van der Waals surface area contributed by atoms with Crippen LogP contribution in [-0.2, 0) is 0 Å². The zero-order valence-corrected chi connectivity index (χ0v) is 10.5. The lowest BCUT2D eigenvalue weighted by atomic mass is 9.99. The first-order valence-corrected chi connectivity index (χ1v) is 6.46. The van der Waals surface area contributed by atoms with Gasteiger partial charge in [0.15, 0.2) is 0 Å². The zero-order chi connectivity index (χ0) is 12.4. The molecule has 17 heavy (non-hydrogen) atoms. The normalized spacial score (nSPS) is 16.5. The topological polar surface area (TPSA) is 76.8 Å². The van der Waals surface area contributed by atoms with Crippen molar-refractivity contribution in [2.24, 2.45) is 5.92 Å². The molecule has 88 valence electrons. The minimum Gasteiger partial charge on any atom is -0.396 e. The van der Waals surface area contributed by atoms with E-state index in [2.05, 4.69) is 24.0 Å². The number of hydrogen-bond acceptors (Lipinski definition) is 5. The summed E-state index contributed by atoms with van der Waals surface area (Å²) in [5, 5.41) is 18.9. The van der Waals surface area contributed by atoms with Gasteiger partial charge in [-0.15, -0.1) is 11.3 Å². The van der Waals surface area contributed by atoms with E-state index in [4.69, 9.17) is 16.3 Å². The monoisotopic (exact) mass is 246 g/mol. The van der Waals surface area contributed by atoms with Crippen molar-refractivity contribution in [1.29, 1.82) is 10.5 Å². The summed E-state index contributed by atoms with van der Waals surface area (Å²) in [4.78, 5) is 2.63. The molecule has 1 saturated heterocycles. The molecule has 0 aromatic carbocycles. The highest BCUT2D eigenvalue weighted by Crippen LogP contribution is 2.38. The van der Waals surface area contributed by atoms with Crippen LogP contribution < -0.4 is 10.6 Å². The van der Waals surface area contributed by atoms with Gasteiger partial charge in [-0.2, -0.15) is 10.5 Å². The summed E-state index contributed by atoms with van der Waals surface area (Å²) in [7, 11) is 0. The van der Waals surface area contributed by atoms with Gasteiger partial charge in [-0.05, 0) is 18.8 Å². The molecule has 2 N–H and O–H groups in total. The number of nitrogen functional groups attached to an aromatic ring is 1. The van der Waals surface area contributed by atoms with E-state index in [-0.39, 0.29) is 0 Å². The number of nitriles is 2. The van der Waals surface area contributed by atoms with Gasteiger partial charge in [0.05, 0.1) is 5.69 Å². The SMILES string of the molecule is CC1CCN(c2sc(C#N)c(N)c2C#N)CC1. The van der Waals surface area contributed by atoms with Crippen LogP contribution in [0.4, 0.5) is 10.7 Å². The fourth-order valence-electron chi connectivity index (χ4n) is 2.06. The van der Waals surface area contributed by atoms with Crippen molar-refractivity contribution in [3.63, 3.8) is 0 Å². The van der Waals surface area contributed by atoms with Gasteiger partial charge in [0.2, 0.25) is 0 Å². The largest absolute Gasteiger partial charge is 0.396 e. The van der Waals surface area contributed by atoms with Crippen molar-refractivity contribution in [2.75, 3.05) is 23.7 Å². The molecule has 0 unspecified atom stereocenters. The molecule has 0 amide bonds. The molecule has 0 bridgehead atoms. The number of thiophene rings is 1. The summed E-state index contributed by atoms with van der Waals surface area (Å²) < 4.78 is 0. The number of nitrogens with two attached hydrogens (primary N) is 1. The molecule has 5 heteroatoms. The van der Waals surface area contributed by atoms with Crippen molar-refractivity contribution < 1.29 is 0 Å². The Morgan fingerprint density at radius 3 is 2.47 bits per heavy atom. The third-order valence-corrected chi connectivity index (χ3v) is 4.38. The molecule has 0 spiro atoms. The number of piperidine rings is 1. The van der Waals surface area contributed by atoms with Crippen molar-refractivity contribution in [1.82, 2.24) is 0 Å². The van der Waals surface area contributed by atoms with Crippen LogP contribution in [-0.4, -0.2) is 13.1 Å². The second-order valence-electron chi connectivity index (χ2n) is 4.42. The lowest BCUT2D eigenvalue weighted by Gasteiger charge is -2.31. The maximum atomic E-state index is 9.13. The lowest BCUT2D eigenvalue weighted by Crippen LogP contribution is -2.32. The van der Waals surface area contributed by atoms with Gasteiger partial charge >= 0.3 is 0 Å². The maximum Gasteiger partial charge on any atom is 0.131 e. The first-order valence-electron chi connectivity index (χ1n) is 5.64. The Balaban J connectivity index is 2.33. The molecule has 1 aliphatic heterocycles. The number of nitrogens with zero attached hydrogens (tertiary/aromatic N) is 3. The minimum atomic E-state index is 0.341. The summed E-state index contributed by atoms with van der Waals surface area (Å²) in [6, 6.07) is 4.17. The van der Waals surface area contributed by atoms with Crippen molar-refractivity contribution in [3.05, 3.63) is 10.4 Å². The van der Waals surface area contributed by atoms with E-state index in [1.54, 1.807) is 0 Å². The van der Waals surface area contributed by atoms with E-state index >= 15 is 0 Å². The molecule has 0 saturated carbocycles. The molecule has 0 radical (unpaired) electrons. The van der Waals surface area contributed by atoms with E-state index in [9.17, 15) is 0 Å². The molecule has 1 aromatic heterocycles.